The van der Waals surface area contributed by atoms with Crippen LogP contribution in [-0.2, 0) is 7.05 Å². The highest BCUT2D eigenvalue weighted by Crippen LogP contribution is 2.32. The molecule has 17 heavy (non-hydrogen) atoms. The third kappa shape index (κ3) is 2.22. The summed E-state index contributed by atoms with van der Waals surface area (Å²) in [6, 6.07) is 4.33. The number of aliphatic hydroxyl groups is 1. The van der Waals surface area contributed by atoms with Crippen LogP contribution in [0.4, 0.5) is 4.39 Å². The van der Waals surface area contributed by atoms with Crippen molar-refractivity contribution in [1.82, 2.24) is 9.78 Å². The van der Waals surface area contributed by atoms with Gasteiger partial charge in [0.05, 0.1) is 21.4 Å². The predicted octanol–water partition coefficient (Wildman–Crippen LogP) is 3.06. The first-order valence-corrected chi connectivity index (χ1v) is 5.99. The smallest absolute Gasteiger partial charge is 0.142 e. The number of aryl methyl sites for hydroxylation is 1. The van der Waals surface area contributed by atoms with E-state index in [1.54, 1.807) is 19.3 Å². The van der Waals surface area contributed by atoms with E-state index in [0.29, 0.717) is 15.7 Å². The second-order valence-corrected chi connectivity index (χ2v) is 4.78. The minimum absolute atomic E-state index is 0.0758. The molecule has 0 aliphatic heterocycles. The molecule has 0 saturated carbocycles. The molecule has 6 heteroatoms. The van der Waals surface area contributed by atoms with E-state index in [9.17, 15) is 9.50 Å². The van der Waals surface area contributed by atoms with Gasteiger partial charge in [0.2, 0.25) is 0 Å². The molecule has 0 spiro atoms. The largest absolute Gasteiger partial charge is 0.382 e. The van der Waals surface area contributed by atoms with Crippen LogP contribution in [0.3, 0.4) is 0 Å². The Kier molecular flexibility index (Phi) is 3.51. The number of hydrogen-bond acceptors (Lipinski definition) is 2. The lowest BCUT2D eigenvalue weighted by Crippen LogP contribution is -2.08. The van der Waals surface area contributed by atoms with Crippen LogP contribution in [0.1, 0.15) is 17.4 Å². The third-order valence-electron chi connectivity index (χ3n) is 2.47. The van der Waals surface area contributed by atoms with Crippen LogP contribution in [0.2, 0.25) is 5.02 Å². The van der Waals surface area contributed by atoms with Gasteiger partial charge < -0.3 is 5.11 Å². The van der Waals surface area contributed by atoms with Gasteiger partial charge in [0, 0.05) is 12.6 Å². The lowest BCUT2D eigenvalue weighted by molar-refractivity contribution is 0.208. The normalized spacial score (nSPS) is 12.8. The quantitative estimate of drug-likeness (QED) is 0.924. The molecule has 0 aliphatic carbocycles. The van der Waals surface area contributed by atoms with Crippen molar-refractivity contribution in [2.75, 3.05) is 0 Å². The molecule has 1 heterocycles. The average Bonchev–Trinajstić information content (AvgIpc) is 2.62. The molecule has 0 fully saturated rings. The van der Waals surface area contributed by atoms with E-state index >= 15 is 0 Å². The Morgan fingerprint density at radius 1 is 1.53 bits per heavy atom. The van der Waals surface area contributed by atoms with Crippen LogP contribution in [0.5, 0.6) is 0 Å². The molecule has 1 unspecified atom stereocenters. The molecular weight excluding hydrogens is 310 g/mol. The summed E-state index contributed by atoms with van der Waals surface area (Å²) in [6.45, 7) is 0. The van der Waals surface area contributed by atoms with Crippen LogP contribution in [0, 0.1) is 5.82 Å². The molecule has 3 nitrogen and oxygen atoms in total. The van der Waals surface area contributed by atoms with E-state index < -0.39 is 11.9 Å². The molecule has 0 saturated heterocycles. The fourth-order valence-corrected chi connectivity index (χ4v) is 2.40. The van der Waals surface area contributed by atoms with Gasteiger partial charge in [0.25, 0.3) is 0 Å². The molecule has 0 radical (unpaired) electrons. The summed E-state index contributed by atoms with van der Waals surface area (Å²) in [4.78, 5) is 0. The molecule has 2 aromatic rings. The molecule has 0 bridgehead atoms. The first-order chi connectivity index (χ1) is 8.02. The second kappa shape index (κ2) is 4.76. The monoisotopic (exact) mass is 318 g/mol. The highest BCUT2D eigenvalue weighted by atomic mass is 79.9. The highest BCUT2D eigenvalue weighted by Gasteiger charge is 2.21. The summed E-state index contributed by atoms with van der Waals surface area (Å²) in [5.41, 5.74) is 0.841. The van der Waals surface area contributed by atoms with Gasteiger partial charge >= 0.3 is 0 Å². The molecule has 1 atom stereocenters. The summed E-state index contributed by atoms with van der Waals surface area (Å²) < 4.78 is 15.5. The summed E-state index contributed by atoms with van der Waals surface area (Å²) in [7, 11) is 1.69. The first-order valence-electron chi connectivity index (χ1n) is 4.81. The Balaban J connectivity index is 2.51. The lowest BCUT2D eigenvalue weighted by Gasteiger charge is -2.14. The van der Waals surface area contributed by atoms with Crippen molar-refractivity contribution >= 4 is 27.5 Å². The molecule has 0 aliphatic rings. The van der Waals surface area contributed by atoms with Crippen molar-refractivity contribution in [3.63, 3.8) is 0 Å². The van der Waals surface area contributed by atoms with E-state index in [1.165, 1.54) is 16.8 Å². The Morgan fingerprint density at radius 3 is 2.82 bits per heavy atom. The Morgan fingerprint density at radius 2 is 2.24 bits per heavy atom. The molecular formula is C11H9BrClFN2O. The summed E-state index contributed by atoms with van der Waals surface area (Å²) in [5, 5.41) is 14.1. The minimum Gasteiger partial charge on any atom is -0.382 e. The van der Waals surface area contributed by atoms with Crippen LogP contribution in [-0.4, -0.2) is 14.9 Å². The second-order valence-electron chi connectivity index (χ2n) is 3.55. The maximum absolute atomic E-state index is 13.3. The van der Waals surface area contributed by atoms with Crippen molar-refractivity contribution < 1.29 is 9.50 Å². The van der Waals surface area contributed by atoms with E-state index in [-0.39, 0.29) is 5.02 Å². The van der Waals surface area contributed by atoms with Crippen molar-refractivity contribution in [3.8, 4) is 0 Å². The number of halogens is 3. The zero-order chi connectivity index (χ0) is 12.6. The number of aliphatic hydroxyl groups excluding tert-OH is 1. The van der Waals surface area contributed by atoms with E-state index in [0.717, 1.165) is 0 Å². The van der Waals surface area contributed by atoms with Crippen molar-refractivity contribution in [2.24, 2.45) is 7.05 Å². The summed E-state index contributed by atoms with van der Waals surface area (Å²) in [5.74, 6) is -0.554. The highest BCUT2D eigenvalue weighted by molar-refractivity contribution is 9.10. The summed E-state index contributed by atoms with van der Waals surface area (Å²) >= 11 is 9.11. The number of hydrogen-bond donors (Lipinski definition) is 1. The Labute approximate surface area is 111 Å². The lowest BCUT2D eigenvalue weighted by atomic mass is 10.1. The molecule has 0 amide bonds. The van der Waals surface area contributed by atoms with Gasteiger partial charge in [-0.3, -0.25) is 4.68 Å². The predicted molar refractivity (Wildman–Crippen MR) is 66.4 cm³/mol. The Hall–Kier alpha value is -0.910. The van der Waals surface area contributed by atoms with Gasteiger partial charge in [0.1, 0.15) is 11.9 Å². The minimum atomic E-state index is -1.03. The maximum atomic E-state index is 13.3. The van der Waals surface area contributed by atoms with Gasteiger partial charge in [-0.1, -0.05) is 23.7 Å². The molecule has 1 N–H and O–H groups in total. The first kappa shape index (κ1) is 12.5. The van der Waals surface area contributed by atoms with Gasteiger partial charge in [-0.05, 0) is 22.0 Å². The fraction of sp³-hybridized carbons (Fsp3) is 0.182. The maximum Gasteiger partial charge on any atom is 0.142 e. The van der Waals surface area contributed by atoms with Crippen LogP contribution in [0.15, 0.2) is 28.9 Å². The van der Waals surface area contributed by atoms with Crippen molar-refractivity contribution in [1.29, 1.82) is 0 Å². The average molecular weight is 320 g/mol. The van der Waals surface area contributed by atoms with E-state index in [4.69, 9.17) is 11.6 Å². The van der Waals surface area contributed by atoms with Gasteiger partial charge in [-0.25, -0.2) is 4.39 Å². The number of benzene rings is 1. The zero-order valence-corrected chi connectivity index (χ0v) is 11.2. The van der Waals surface area contributed by atoms with Gasteiger partial charge in [-0.15, -0.1) is 0 Å². The molecule has 1 aromatic heterocycles. The molecule has 90 valence electrons. The van der Waals surface area contributed by atoms with Crippen molar-refractivity contribution in [3.05, 3.63) is 51.0 Å². The van der Waals surface area contributed by atoms with Gasteiger partial charge in [-0.2, -0.15) is 5.10 Å². The van der Waals surface area contributed by atoms with Gasteiger partial charge in [0.15, 0.2) is 0 Å². The SMILES string of the molecule is Cn1ncc(Br)c1C(O)c1cccc(F)c1Cl. The van der Waals surface area contributed by atoms with E-state index in [2.05, 4.69) is 21.0 Å². The van der Waals surface area contributed by atoms with E-state index in [1.807, 2.05) is 0 Å². The number of aromatic nitrogens is 2. The number of nitrogens with zero attached hydrogens (tertiary/aromatic N) is 2. The Bertz CT molecular complexity index is 539. The van der Waals surface area contributed by atoms with Crippen molar-refractivity contribution in [2.45, 2.75) is 6.10 Å². The van der Waals surface area contributed by atoms with Crippen LogP contribution >= 0.6 is 27.5 Å². The zero-order valence-electron chi connectivity index (χ0n) is 8.86. The molecule has 2 rings (SSSR count). The summed E-state index contributed by atoms with van der Waals surface area (Å²) in [6.07, 6.45) is 0.534. The fourth-order valence-electron chi connectivity index (χ4n) is 1.61. The standard InChI is InChI=1S/C11H9BrClFN2O/c1-16-10(7(12)5-15-16)11(17)6-3-2-4-8(14)9(6)13/h2-5,11,17H,1H3. The van der Waals surface area contributed by atoms with Crippen LogP contribution in [0.25, 0.3) is 0 Å². The molecule has 1 aromatic carbocycles. The topological polar surface area (TPSA) is 38.0 Å². The third-order valence-corrected chi connectivity index (χ3v) is 3.48. The number of rotatable bonds is 2. The van der Waals surface area contributed by atoms with Crippen LogP contribution < -0.4 is 0 Å².